The SMILES string of the molecule is O=C(NCCc1cc2ccccc2[nH]c1=O)c1cnccn1. The van der Waals surface area contributed by atoms with E-state index in [2.05, 4.69) is 20.3 Å². The molecule has 110 valence electrons. The van der Waals surface area contributed by atoms with Gasteiger partial charge in [0.15, 0.2) is 0 Å². The molecule has 2 aromatic heterocycles. The van der Waals surface area contributed by atoms with Crippen molar-refractivity contribution >= 4 is 16.8 Å². The van der Waals surface area contributed by atoms with Crippen molar-refractivity contribution in [1.82, 2.24) is 20.3 Å². The molecule has 22 heavy (non-hydrogen) atoms. The van der Waals surface area contributed by atoms with Crippen molar-refractivity contribution in [3.05, 3.63) is 70.5 Å². The lowest BCUT2D eigenvalue weighted by atomic mass is 10.1. The van der Waals surface area contributed by atoms with E-state index in [-0.39, 0.29) is 17.2 Å². The number of hydrogen-bond acceptors (Lipinski definition) is 4. The number of H-pyrrole nitrogens is 1. The Morgan fingerprint density at radius 3 is 2.91 bits per heavy atom. The number of hydrogen-bond donors (Lipinski definition) is 2. The van der Waals surface area contributed by atoms with Crippen LogP contribution in [0.4, 0.5) is 0 Å². The average molecular weight is 294 g/mol. The number of carbonyl (C=O) groups excluding carboxylic acids is 1. The summed E-state index contributed by atoms with van der Waals surface area (Å²) in [6.07, 6.45) is 4.82. The van der Waals surface area contributed by atoms with E-state index in [1.165, 1.54) is 18.6 Å². The molecule has 0 saturated heterocycles. The highest BCUT2D eigenvalue weighted by Gasteiger charge is 2.07. The lowest BCUT2D eigenvalue weighted by molar-refractivity contribution is 0.0948. The van der Waals surface area contributed by atoms with Gasteiger partial charge in [0.2, 0.25) is 0 Å². The molecule has 0 spiro atoms. The van der Waals surface area contributed by atoms with Crippen LogP contribution in [0.5, 0.6) is 0 Å². The minimum absolute atomic E-state index is 0.132. The number of amides is 1. The maximum Gasteiger partial charge on any atom is 0.271 e. The van der Waals surface area contributed by atoms with Crippen molar-refractivity contribution in [3.63, 3.8) is 0 Å². The molecule has 0 radical (unpaired) electrons. The van der Waals surface area contributed by atoms with Crippen molar-refractivity contribution in [2.45, 2.75) is 6.42 Å². The zero-order valence-electron chi connectivity index (χ0n) is 11.7. The van der Waals surface area contributed by atoms with E-state index in [1.54, 1.807) is 0 Å². The van der Waals surface area contributed by atoms with Gasteiger partial charge in [-0.2, -0.15) is 0 Å². The summed E-state index contributed by atoms with van der Waals surface area (Å²) < 4.78 is 0. The largest absolute Gasteiger partial charge is 0.350 e. The molecule has 0 bridgehead atoms. The van der Waals surface area contributed by atoms with Gasteiger partial charge in [0, 0.05) is 30.0 Å². The second-order valence-corrected chi connectivity index (χ2v) is 4.81. The number of aromatic amines is 1. The predicted molar refractivity (Wildman–Crippen MR) is 82.6 cm³/mol. The van der Waals surface area contributed by atoms with Gasteiger partial charge in [-0.25, -0.2) is 4.98 Å². The van der Waals surface area contributed by atoms with E-state index in [1.807, 2.05) is 30.3 Å². The van der Waals surface area contributed by atoms with Crippen LogP contribution in [-0.4, -0.2) is 27.4 Å². The lowest BCUT2D eigenvalue weighted by Gasteiger charge is -2.05. The molecular weight excluding hydrogens is 280 g/mol. The summed E-state index contributed by atoms with van der Waals surface area (Å²) in [7, 11) is 0. The Labute approximate surface area is 126 Å². The smallest absolute Gasteiger partial charge is 0.271 e. The molecule has 1 amide bonds. The van der Waals surface area contributed by atoms with E-state index in [9.17, 15) is 9.59 Å². The Morgan fingerprint density at radius 2 is 2.09 bits per heavy atom. The molecule has 6 heteroatoms. The highest BCUT2D eigenvalue weighted by Crippen LogP contribution is 2.10. The molecular formula is C16H14N4O2. The molecule has 2 heterocycles. The quantitative estimate of drug-likeness (QED) is 0.759. The van der Waals surface area contributed by atoms with E-state index in [0.29, 0.717) is 18.5 Å². The summed E-state index contributed by atoms with van der Waals surface area (Å²) in [6.45, 7) is 0.358. The normalized spacial score (nSPS) is 10.5. The van der Waals surface area contributed by atoms with Crippen molar-refractivity contribution in [3.8, 4) is 0 Å². The number of carbonyl (C=O) groups is 1. The third-order valence-electron chi connectivity index (χ3n) is 3.31. The Balaban J connectivity index is 1.68. The van der Waals surface area contributed by atoms with E-state index in [0.717, 1.165) is 10.9 Å². The van der Waals surface area contributed by atoms with Gasteiger partial charge in [0.1, 0.15) is 5.69 Å². The molecule has 0 aliphatic carbocycles. The van der Waals surface area contributed by atoms with Crippen LogP contribution in [0.15, 0.2) is 53.7 Å². The first-order valence-electron chi connectivity index (χ1n) is 6.89. The summed E-state index contributed by atoms with van der Waals surface area (Å²) >= 11 is 0. The third-order valence-corrected chi connectivity index (χ3v) is 3.31. The zero-order chi connectivity index (χ0) is 15.4. The molecule has 0 saturated carbocycles. The van der Waals surface area contributed by atoms with Gasteiger partial charge in [-0.05, 0) is 23.9 Å². The van der Waals surface area contributed by atoms with Crippen LogP contribution >= 0.6 is 0 Å². The third kappa shape index (κ3) is 3.01. The maximum absolute atomic E-state index is 12.0. The molecule has 2 N–H and O–H groups in total. The predicted octanol–water partition coefficient (Wildman–Crippen LogP) is 1.29. The number of nitrogens with one attached hydrogen (secondary N) is 2. The Hall–Kier alpha value is -3.02. The van der Waals surface area contributed by atoms with Gasteiger partial charge in [0.25, 0.3) is 11.5 Å². The lowest BCUT2D eigenvalue weighted by Crippen LogP contribution is -2.28. The van der Waals surface area contributed by atoms with Gasteiger partial charge in [0.05, 0.1) is 6.20 Å². The molecule has 0 aliphatic rings. The van der Waals surface area contributed by atoms with Crippen molar-refractivity contribution in [2.24, 2.45) is 0 Å². The van der Waals surface area contributed by atoms with Crippen molar-refractivity contribution in [1.29, 1.82) is 0 Å². The van der Waals surface area contributed by atoms with Gasteiger partial charge in [-0.3, -0.25) is 14.6 Å². The summed E-state index contributed by atoms with van der Waals surface area (Å²) in [5.41, 5.74) is 1.57. The second-order valence-electron chi connectivity index (χ2n) is 4.81. The van der Waals surface area contributed by atoms with Crippen molar-refractivity contribution < 1.29 is 4.79 Å². The number of pyridine rings is 1. The summed E-state index contributed by atoms with van der Waals surface area (Å²) in [5, 5.41) is 3.70. The molecule has 0 unspecified atom stereocenters. The number of rotatable bonds is 4. The first-order valence-corrected chi connectivity index (χ1v) is 6.89. The van der Waals surface area contributed by atoms with Crippen LogP contribution in [-0.2, 0) is 6.42 Å². The Kier molecular flexibility index (Phi) is 3.91. The minimum Gasteiger partial charge on any atom is -0.350 e. The first-order chi connectivity index (χ1) is 10.7. The monoisotopic (exact) mass is 294 g/mol. The second kappa shape index (κ2) is 6.17. The number of nitrogens with zero attached hydrogens (tertiary/aromatic N) is 2. The van der Waals surface area contributed by atoms with E-state index >= 15 is 0 Å². The zero-order valence-corrected chi connectivity index (χ0v) is 11.7. The molecule has 1 aromatic carbocycles. The molecule has 0 fully saturated rings. The van der Waals surface area contributed by atoms with E-state index in [4.69, 9.17) is 0 Å². The van der Waals surface area contributed by atoms with Crippen LogP contribution in [0, 0.1) is 0 Å². The van der Waals surface area contributed by atoms with Crippen LogP contribution in [0.3, 0.4) is 0 Å². The van der Waals surface area contributed by atoms with Crippen LogP contribution in [0.1, 0.15) is 16.1 Å². The maximum atomic E-state index is 12.0. The fraction of sp³-hybridized carbons (Fsp3) is 0.125. The van der Waals surface area contributed by atoms with Crippen LogP contribution in [0.2, 0.25) is 0 Å². The summed E-state index contributed by atoms with van der Waals surface area (Å²) in [6, 6.07) is 9.44. The highest BCUT2D eigenvalue weighted by atomic mass is 16.2. The van der Waals surface area contributed by atoms with Gasteiger partial charge >= 0.3 is 0 Å². The fourth-order valence-electron chi connectivity index (χ4n) is 2.20. The fourth-order valence-corrected chi connectivity index (χ4v) is 2.20. The Bertz CT molecular complexity index is 859. The topological polar surface area (TPSA) is 87.7 Å². The molecule has 6 nitrogen and oxygen atoms in total. The number of para-hydroxylation sites is 1. The summed E-state index contributed by atoms with van der Waals surface area (Å²) in [5.74, 6) is -0.301. The summed E-state index contributed by atoms with van der Waals surface area (Å²) in [4.78, 5) is 34.4. The molecule has 0 aliphatic heterocycles. The first kappa shape index (κ1) is 13.9. The minimum atomic E-state index is -0.301. The molecule has 3 aromatic rings. The van der Waals surface area contributed by atoms with Crippen molar-refractivity contribution in [2.75, 3.05) is 6.54 Å². The van der Waals surface area contributed by atoms with Crippen LogP contribution in [0.25, 0.3) is 10.9 Å². The van der Waals surface area contributed by atoms with Crippen LogP contribution < -0.4 is 10.9 Å². The Morgan fingerprint density at radius 1 is 1.23 bits per heavy atom. The molecule has 0 atom stereocenters. The standard InChI is InChI=1S/C16H14N4O2/c21-15-12(9-11-3-1-2-4-13(11)20-15)5-6-19-16(22)14-10-17-7-8-18-14/h1-4,7-10H,5-6H2,(H,19,22)(H,20,21). The van der Waals surface area contributed by atoms with Gasteiger partial charge in [-0.1, -0.05) is 18.2 Å². The number of fused-ring (bicyclic) bond motifs is 1. The van der Waals surface area contributed by atoms with E-state index < -0.39 is 0 Å². The molecule has 3 rings (SSSR count). The number of aromatic nitrogens is 3. The average Bonchev–Trinajstić information content (AvgIpc) is 2.56. The highest BCUT2D eigenvalue weighted by molar-refractivity contribution is 5.91. The number of benzene rings is 1. The van der Waals surface area contributed by atoms with Gasteiger partial charge in [-0.15, -0.1) is 0 Å². The van der Waals surface area contributed by atoms with Gasteiger partial charge < -0.3 is 10.3 Å².